The maximum atomic E-state index is 14.4. The van der Waals surface area contributed by atoms with Gasteiger partial charge >= 0.3 is 0 Å². The van der Waals surface area contributed by atoms with Crippen LogP contribution in [0.3, 0.4) is 0 Å². The summed E-state index contributed by atoms with van der Waals surface area (Å²) in [6.07, 6.45) is 3.76. The van der Waals surface area contributed by atoms with Gasteiger partial charge in [0, 0.05) is 18.5 Å². The highest BCUT2D eigenvalue weighted by Crippen LogP contribution is 2.50. The Labute approximate surface area is 170 Å². The number of likely N-dealkylation sites (tertiary alicyclic amines) is 1. The van der Waals surface area contributed by atoms with Crippen molar-refractivity contribution in [1.29, 1.82) is 0 Å². The molecule has 5 heteroatoms. The summed E-state index contributed by atoms with van der Waals surface area (Å²) < 4.78 is 28.2. The molecule has 0 bridgehead atoms. The number of rotatable bonds is 3. The molecule has 1 spiro atoms. The third-order valence-electron chi connectivity index (χ3n) is 6.48. The van der Waals surface area contributed by atoms with Crippen molar-refractivity contribution in [3.8, 4) is 0 Å². The van der Waals surface area contributed by atoms with Gasteiger partial charge in [0.2, 0.25) is 0 Å². The van der Waals surface area contributed by atoms with Gasteiger partial charge in [0.15, 0.2) is 11.6 Å². The van der Waals surface area contributed by atoms with E-state index in [2.05, 4.69) is 24.5 Å². The minimum atomic E-state index is -1.08. The number of aryl methyl sites for hydroxylation is 2. The number of hydrogen-bond donors (Lipinski definition) is 0. The zero-order valence-electron chi connectivity index (χ0n) is 17.0. The average Bonchev–Trinajstić information content (AvgIpc) is 3.05. The standard InChI is InChI=1S/C24H26F2N2O/c1-4-12-27-13-10-24(11-14-27)15-28(22-17(3)9-8-16(2)20(22)24)23(29)18-6-5-7-19(25)21(18)26/h4-9H,1,10-15H2,2-3H3. The Balaban J connectivity index is 1.77. The number of hydrogen-bond acceptors (Lipinski definition) is 2. The van der Waals surface area contributed by atoms with Crippen LogP contribution < -0.4 is 4.90 Å². The van der Waals surface area contributed by atoms with Crippen molar-refractivity contribution in [2.75, 3.05) is 31.1 Å². The molecule has 0 radical (unpaired) electrons. The van der Waals surface area contributed by atoms with Crippen molar-refractivity contribution in [2.24, 2.45) is 0 Å². The lowest BCUT2D eigenvalue weighted by Gasteiger charge is -2.40. The fourth-order valence-corrected chi connectivity index (χ4v) is 5.02. The summed E-state index contributed by atoms with van der Waals surface area (Å²) in [5, 5.41) is 0. The van der Waals surface area contributed by atoms with Gasteiger partial charge in [-0.1, -0.05) is 24.3 Å². The Morgan fingerprint density at radius 3 is 2.52 bits per heavy atom. The van der Waals surface area contributed by atoms with E-state index in [0.29, 0.717) is 6.54 Å². The van der Waals surface area contributed by atoms with Gasteiger partial charge in [0.1, 0.15) is 0 Å². The molecule has 2 aromatic rings. The van der Waals surface area contributed by atoms with Crippen LogP contribution >= 0.6 is 0 Å². The molecule has 0 atom stereocenters. The third kappa shape index (κ3) is 3.18. The fourth-order valence-electron chi connectivity index (χ4n) is 5.02. The summed E-state index contributed by atoms with van der Waals surface area (Å²) in [5.74, 6) is -2.54. The maximum Gasteiger partial charge on any atom is 0.261 e. The van der Waals surface area contributed by atoms with Crippen LogP contribution in [0.2, 0.25) is 0 Å². The highest BCUT2D eigenvalue weighted by Gasteiger charge is 2.48. The fraction of sp³-hybridized carbons (Fsp3) is 0.375. The van der Waals surface area contributed by atoms with Gasteiger partial charge < -0.3 is 4.90 Å². The molecular formula is C24H26F2N2O. The zero-order chi connectivity index (χ0) is 20.8. The van der Waals surface area contributed by atoms with Crippen LogP contribution in [0.5, 0.6) is 0 Å². The minimum Gasteiger partial charge on any atom is -0.307 e. The van der Waals surface area contributed by atoms with E-state index >= 15 is 0 Å². The summed E-state index contributed by atoms with van der Waals surface area (Å²) in [4.78, 5) is 17.4. The molecule has 0 N–H and O–H groups in total. The highest BCUT2D eigenvalue weighted by molar-refractivity contribution is 6.08. The predicted octanol–water partition coefficient (Wildman–Crippen LogP) is 4.76. The predicted molar refractivity (Wildman–Crippen MR) is 111 cm³/mol. The maximum absolute atomic E-state index is 14.4. The van der Waals surface area contributed by atoms with Crippen molar-refractivity contribution in [3.05, 3.63) is 76.9 Å². The molecule has 152 valence electrons. The van der Waals surface area contributed by atoms with Crippen LogP contribution in [0.25, 0.3) is 0 Å². The van der Waals surface area contributed by atoms with Gasteiger partial charge in [-0.25, -0.2) is 8.78 Å². The lowest BCUT2D eigenvalue weighted by molar-refractivity contribution is 0.0972. The summed E-state index contributed by atoms with van der Waals surface area (Å²) in [7, 11) is 0. The molecule has 3 nitrogen and oxygen atoms in total. The second kappa shape index (κ2) is 7.38. The van der Waals surface area contributed by atoms with Gasteiger partial charge in [0.25, 0.3) is 5.91 Å². The van der Waals surface area contributed by atoms with Gasteiger partial charge in [-0.2, -0.15) is 0 Å². The monoisotopic (exact) mass is 396 g/mol. The number of halogens is 2. The number of anilines is 1. The number of carbonyl (C=O) groups is 1. The molecule has 0 saturated carbocycles. The number of nitrogens with zero attached hydrogens (tertiary/aromatic N) is 2. The van der Waals surface area contributed by atoms with E-state index in [1.165, 1.54) is 17.7 Å². The lowest BCUT2D eigenvalue weighted by atomic mass is 9.72. The van der Waals surface area contributed by atoms with Crippen molar-refractivity contribution in [3.63, 3.8) is 0 Å². The first-order valence-electron chi connectivity index (χ1n) is 10.1. The van der Waals surface area contributed by atoms with Crippen LogP contribution in [0.4, 0.5) is 14.5 Å². The second-order valence-electron chi connectivity index (χ2n) is 8.29. The van der Waals surface area contributed by atoms with E-state index in [0.717, 1.165) is 55.4 Å². The lowest BCUT2D eigenvalue weighted by Crippen LogP contribution is -2.46. The summed E-state index contributed by atoms with van der Waals surface area (Å²) in [5.41, 5.74) is 3.84. The number of carbonyl (C=O) groups excluding carboxylic acids is 1. The Bertz CT molecular complexity index is 977. The molecule has 2 aliphatic heterocycles. The van der Waals surface area contributed by atoms with E-state index in [4.69, 9.17) is 0 Å². The first-order chi connectivity index (χ1) is 13.9. The molecule has 2 aromatic carbocycles. The summed E-state index contributed by atoms with van der Waals surface area (Å²) in [6.45, 7) is 11.1. The van der Waals surface area contributed by atoms with Gasteiger partial charge in [0.05, 0.1) is 11.3 Å². The van der Waals surface area contributed by atoms with Crippen LogP contribution in [0.1, 0.15) is 39.9 Å². The molecular weight excluding hydrogens is 370 g/mol. The zero-order valence-corrected chi connectivity index (χ0v) is 17.0. The quantitative estimate of drug-likeness (QED) is 0.699. The van der Waals surface area contributed by atoms with Gasteiger partial charge in [-0.3, -0.25) is 9.69 Å². The van der Waals surface area contributed by atoms with Crippen molar-refractivity contribution < 1.29 is 13.6 Å². The normalized spacial score (nSPS) is 18.1. The Morgan fingerprint density at radius 1 is 1.14 bits per heavy atom. The van der Waals surface area contributed by atoms with Crippen LogP contribution in [0, 0.1) is 25.5 Å². The summed E-state index contributed by atoms with van der Waals surface area (Å²) in [6, 6.07) is 7.89. The number of benzene rings is 2. The number of amides is 1. The topological polar surface area (TPSA) is 23.6 Å². The number of fused-ring (bicyclic) bond motifs is 2. The Hall–Kier alpha value is -2.53. The summed E-state index contributed by atoms with van der Waals surface area (Å²) >= 11 is 0. The largest absolute Gasteiger partial charge is 0.307 e. The minimum absolute atomic E-state index is 0.150. The van der Waals surface area contributed by atoms with Crippen molar-refractivity contribution >= 4 is 11.6 Å². The second-order valence-corrected chi connectivity index (χ2v) is 8.29. The Morgan fingerprint density at radius 2 is 1.83 bits per heavy atom. The van der Waals surface area contributed by atoms with Crippen LogP contribution in [-0.2, 0) is 5.41 Å². The van der Waals surface area contributed by atoms with Crippen molar-refractivity contribution in [1.82, 2.24) is 4.90 Å². The van der Waals surface area contributed by atoms with Crippen LogP contribution in [-0.4, -0.2) is 37.0 Å². The first-order valence-corrected chi connectivity index (χ1v) is 10.1. The van der Waals surface area contributed by atoms with Crippen molar-refractivity contribution in [2.45, 2.75) is 32.1 Å². The van der Waals surface area contributed by atoms with E-state index in [1.807, 2.05) is 19.1 Å². The van der Waals surface area contributed by atoms with E-state index in [9.17, 15) is 13.6 Å². The average molecular weight is 396 g/mol. The molecule has 0 unspecified atom stereocenters. The molecule has 0 aromatic heterocycles. The molecule has 2 heterocycles. The molecule has 1 fully saturated rings. The SMILES string of the molecule is C=CCN1CCC2(CC1)CN(C(=O)c1cccc(F)c1F)c1c(C)ccc(C)c12. The molecule has 29 heavy (non-hydrogen) atoms. The van der Waals surface area contributed by atoms with Crippen LogP contribution in [0.15, 0.2) is 43.0 Å². The van der Waals surface area contributed by atoms with Gasteiger partial charge in [-0.05, 0) is 68.6 Å². The molecule has 2 aliphatic rings. The molecule has 1 saturated heterocycles. The number of piperidine rings is 1. The molecule has 4 rings (SSSR count). The van der Waals surface area contributed by atoms with E-state index in [1.54, 1.807) is 4.90 Å². The third-order valence-corrected chi connectivity index (χ3v) is 6.48. The molecule has 0 aliphatic carbocycles. The molecule has 1 amide bonds. The first kappa shape index (κ1) is 19.8. The smallest absolute Gasteiger partial charge is 0.261 e. The van der Waals surface area contributed by atoms with E-state index < -0.39 is 17.5 Å². The van der Waals surface area contributed by atoms with Gasteiger partial charge in [-0.15, -0.1) is 6.58 Å². The highest BCUT2D eigenvalue weighted by atomic mass is 19.2. The Kier molecular flexibility index (Phi) is 5.03. The van der Waals surface area contributed by atoms with E-state index in [-0.39, 0.29) is 11.0 Å².